The van der Waals surface area contributed by atoms with Crippen molar-refractivity contribution in [2.45, 2.75) is 12.4 Å². The summed E-state index contributed by atoms with van der Waals surface area (Å²) in [7, 11) is 0. The van der Waals surface area contributed by atoms with Gasteiger partial charge in [-0.25, -0.2) is 0 Å². The molecule has 4 aromatic carbocycles. The van der Waals surface area contributed by atoms with Crippen molar-refractivity contribution in [3.05, 3.63) is 95.1 Å². The number of aromatic hydroxyl groups is 2. The second-order valence-corrected chi connectivity index (χ2v) is 8.99. The maximum absolute atomic E-state index is 13.1. The quantitative estimate of drug-likeness (QED) is 0.122. The average molecular weight is 616 g/mol. The van der Waals surface area contributed by atoms with E-state index in [0.717, 1.165) is 24.3 Å². The van der Waals surface area contributed by atoms with Crippen molar-refractivity contribution < 1.29 is 46.1 Å². The van der Waals surface area contributed by atoms with Crippen molar-refractivity contribution >= 4 is 34.6 Å². The number of azo groups is 2. The number of amides is 2. The van der Waals surface area contributed by atoms with Gasteiger partial charge in [0.05, 0.1) is 33.9 Å². The minimum absolute atomic E-state index is 0.00218. The molecule has 0 aliphatic heterocycles. The highest BCUT2D eigenvalue weighted by Crippen LogP contribution is 2.40. The summed E-state index contributed by atoms with van der Waals surface area (Å²) in [4.78, 5) is 24.6. The summed E-state index contributed by atoms with van der Waals surface area (Å²) in [5, 5.41) is 34.0. The lowest BCUT2D eigenvalue weighted by Crippen LogP contribution is -2.15. The highest BCUT2D eigenvalue weighted by molar-refractivity contribution is 6.06. The Balaban J connectivity index is 1.68. The Hall–Kier alpha value is -5.80. The molecule has 0 aliphatic carbocycles. The molecule has 0 aromatic heterocycles. The fraction of sp³-hybridized carbons (Fsp3) is 0.0714. The second-order valence-electron chi connectivity index (χ2n) is 8.99. The van der Waals surface area contributed by atoms with Crippen LogP contribution < -0.4 is 11.5 Å². The zero-order valence-electron chi connectivity index (χ0n) is 21.9. The number of phenols is 2. The van der Waals surface area contributed by atoms with Crippen molar-refractivity contribution in [1.82, 2.24) is 0 Å². The van der Waals surface area contributed by atoms with Crippen LogP contribution in [0.5, 0.6) is 11.5 Å². The van der Waals surface area contributed by atoms with E-state index in [1.54, 1.807) is 0 Å². The molecule has 0 spiro atoms. The Morgan fingerprint density at radius 1 is 0.523 bits per heavy atom. The summed E-state index contributed by atoms with van der Waals surface area (Å²) in [5.74, 6) is -3.92. The molecule has 226 valence electrons. The molecule has 4 rings (SSSR count). The normalized spacial score (nSPS) is 12.2. The number of nitrogens with zero attached hydrogens (tertiary/aromatic N) is 4. The van der Waals surface area contributed by atoms with Crippen LogP contribution in [0.3, 0.4) is 0 Å². The molecule has 2 amide bonds. The molecule has 16 heteroatoms. The van der Waals surface area contributed by atoms with Crippen LogP contribution in [-0.2, 0) is 12.4 Å². The van der Waals surface area contributed by atoms with Gasteiger partial charge in [0.25, 0.3) is 0 Å². The first-order chi connectivity index (χ1) is 20.5. The molecule has 0 fully saturated rings. The number of benzene rings is 4. The summed E-state index contributed by atoms with van der Waals surface area (Å²) in [5.41, 5.74) is 7.82. The van der Waals surface area contributed by atoms with Gasteiger partial charge in [0, 0.05) is 11.1 Å². The molecular formula is C28H18F6N6O4. The van der Waals surface area contributed by atoms with Crippen LogP contribution in [0.25, 0.3) is 11.1 Å². The fourth-order valence-corrected chi connectivity index (χ4v) is 3.92. The van der Waals surface area contributed by atoms with E-state index in [1.807, 2.05) is 0 Å². The van der Waals surface area contributed by atoms with Crippen molar-refractivity contribution in [2.24, 2.45) is 31.9 Å². The Morgan fingerprint density at radius 3 is 1.11 bits per heavy atom. The molecule has 4 aromatic rings. The Bertz CT molecular complexity index is 1700. The van der Waals surface area contributed by atoms with E-state index in [1.165, 1.54) is 36.4 Å². The number of carbonyl (C=O) groups is 2. The molecule has 0 aliphatic rings. The molecule has 0 heterocycles. The van der Waals surface area contributed by atoms with E-state index in [-0.39, 0.29) is 45.0 Å². The molecule has 6 N–H and O–H groups in total. The molecule has 0 unspecified atom stereocenters. The summed E-state index contributed by atoms with van der Waals surface area (Å²) >= 11 is 0. The van der Waals surface area contributed by atoms with Gasteiger partial charge >= 0.3 is 12.4 Å². The lowest BCUT2D eigenvalue weighted by molar-refractivity contribution is -0.139. The van der Waals surface area contributed by atoms with Gasteiger partial charge in [-0.05, 0) is 71.8 Å². The van der Waals surface area contributed by atoms with Crippen molar-refractivity contribution in [2.75, 3.05) is 0 Å². The van der Waals surface area contributed by atoms with Gasteiger partial charge in [-0.2, -0.15) is 46.8 Å². The number of alkyl halides is 6. The molecule has 0 saturated carbocycles. The Morgan fingerprint density at radius 2 is 0.818 bits per heavy atom. The number of phenolic OH excluding ortho intramolecular Hbond substituents is 2. The first-order valence-electron chi connectivity index (χ1n) is 12.1. The number of hydrogen-bond acceptors (Lipinski definition) is 8. The highest BCUT2D eigenvalue weighted by Gasteiger charge is 2.35. The standard InChI is InChI=1S/C28H18F6N6O4/c29-27(30,31)21-11-15(3-7-23(21)41)39-37-13-1-5-17(19(9-13)25(35)43)18-6-2-14(10-20(18)26(36)44)38-40-16-4-8-24(42)22(12-16)28(32,33)34/h1-12,41-42H,(H2,35,43)(H2,36,44). The third kappa shape index (κ3) is 6.97. The average Bonchev–Trinajstić information content (AvgIpc) is 2.94. The number of primary amides is 2. The van der Waals surface area contributed by atoms with Crippen molar-refractivity contribution in [1.29, 1.82) is 0 Å². The van der Waals surface area contributed by atoms with Crippen LogP contribution in [0.4, 0.5) is 49.1 Å². The smallest absolute Gasteiger partial charge is 0.420 e. The topological polar surface area (TPSA) is 176 Å². The fourth-order valence-electron chi connectivity index (χ4n) is 3.92. The van der Waals surface area contributed by atoms with Gasteiger partial charge in [-0.3, -0.25) is 9.59 Å². The largest absolute Gasteiger partial charge is 0.507 e. The van der Waals surface area contributed by atoms with Crippen LogP contribution in [0, 0.1) is 0 Å². The second kappa shape index (κ2) is 11.8. The maximum Gasteiger partial charge on any atom is 0.420 e. The van der Waals surface area contributed by atoms with E-state index in [9.17, 15) is 46.1 Å². The van der Waals surface area contributed by atoms with Crippen LogP contribution in [0.1, 0.15) is 31.8 Å². The van der Waals surface area contributed by atoms with E-state index >= 15 is 0 Å². The molecule has 44 heavy (non-hydrogen) atoms. The van der Waals surface area contributed by atoms with Crippen LogP contribution >= 0.6 is 0 Å². The zero-order valence-corrected chi connectivity index (χ0v) is 21.9. The molecule has 0 radical (unpaired) electrons. The molecule has 0 bridgehead atoms. The SMILES string of the molecule is NC(=O)c1cc(N=Nc2ccc(O)c(C(F)(F)F)c2)ccc1-c1ccc(N=Nc2ccc(O)c(C(F)(F)F)c2)cc1C(N)=O. The molecular weight excluding hydrogens is 598 g/mol. The molecule has 0 atom stereocenters. The number of carbonyl (C=O) groups excluding carboxylic acids is 2. The van der Waals surface area contributed by atoms with Gasteiger partial charge in [0.15, 0.2) is 0 Å². The first kappa shape index (κ1) is 31.1. The Labute approximate surface area is 243 Å². The van der Waals surface area contributed by atoms with E-state index in [0.29, 0.717) is 12.1 Å². The minimum Gasteiger partial charge on any atom is -0.507 e. The van der Waals surface area contributed by atoms with Crippen molar-refractivity contribution in [3.8, 4) is 22.6 Å². The van der Waals surface area contributed by atoms with Gasteiger partial charge in [-0.1, -0.05) is 12.1 Å². The number of hydrogen-bond donors (Lipinski definition) is 4. The predicted octanol–water partition coefficient (Wildman–Crippen LogP) is 7.83. The molecule has 10 nitrogen and oxygen atoms in total. The third-order valence-corrected chi connectivity index (χ3v) is 5.96. The van der Waals surface area contributed by atoms with Gasteiger partial charge < -0.3 is 21.7 Å². The highest BCUT2D eigenvalue weighted by atomic mass is 19.4. The third-order valence-electron chi connectivity index (χ3n) is 5.96. The summed E-state index contributed by atoms with van der Waals surface area (Å²) in [6, 6.07) is 12.6. The Kier molecular flexibility index (Phi) is 8.37. The number of halogens is 6. The first-order valence-corrected chi connectivity index (χ1v) is 12.1. The van der Waals surface area contributed by atoms with Gasteiger partial charge in [0.1, 0.15) is 11.5 Å². The zero-order chi connectivity index (χ0) is 32.4. The lowest BCUT2D eigenvalue weighted by Gasteiger charge is -2.12. The maximum atomic E-state index is 13.1. The van der Waals surface area contributed by atoms with Gasteiger partial charge in [-0.15, -0.1) is 0 Å². The van der Waals surface area contributed by atoms with Crippen LogP contribution in [0.2, 0.25) is 0 Å². The van der Waals surface area contributed by atoms with E-state index in [2.05, 4.69) is 20.5 Å². The van der Waals surface area contributed by atoms with E-state index < -0.39 is 46.8 Å². The summed E-state index contributed by atoms with van der Waals surface area (Å²) in [6.07, 6.45) is -9.68. The summed E-state index contributed by atoms with van der Waals surface area (Å²) < 4.78 is 78.4. The van der Waals surface area contributed by atoms with Crippen molar-refractivity contribution in [3.63, 3.8) is 0 Å². The van der Waals surface area contributed by atoms with Gasteiger partial charge in [0.2, 0.25) is 11.8 Å². The van der Waals surface area contributed by atoms with Crippen LogP contribution in [0.15, 0.2) is 93.3 Å². The molecule has 0 saturated heterocycles. The number of rotatable bonds is 7. The predicted molar refractivity (Wildman–Crippen MR) is 143 cm³/mol. The van der Waals surface area contributed by atoms with Crippen LogP contribution in [-0.4, -0.2) is 22.0 Å². The number of nitrogens with two attached hydrogens (primary N) is 2. The minimum atomic E-state index is -4.84. The summed E-state index contributed by atoms with van der Waals surface area (Å²) in [6.45, 7) is 0. The lowest BCUT2D eigenvalue weighted by atomic mass is 9.94. The van der Waals surface area contributed by atoms with E-state index in [4.69, 9.17) is 11.5 Å². The monoisotopic (exact) mass is 616 g/mol.